The lowest BCUT2D eigenvalue weighted by Crippen LogP contribution is -2.35. The zero-order valence-corrected chi connectivity index (χ0v) is 13.5. The van der Waals surface area contributed by atoms with Crippen LogP contribution in [0.25, 0.3) is 0 Å². The highest BCUT2D eigenvalue weighted by atomic mass is 19.1. The molecule has 1 aliphatic heterocycles. The predicted molar refractivity (Wildman–Crippen MR) is 91.7 cm³/mol. The van der Waals surface area contributed by atoms with Gasteiger partial charge in [-0.25, -0.2) is 4.39 Å². The minimum atomic E-state index is -0.553. The first kappa shape index (κ1) is 16.2. The van der Waals surface area contributed by atoms with Crippen molar-refractivity contribution in [1.29, 1.82) is 0 Å². The maximum atomic E-state index is 13.7. The summed E-state index contributed by atoms with van der Waals surface area (Å²) in [6, 6.07) is 11.2. The molecule has 2 amide bonds. The second-order valence-electron chi connectivity index (χ2n) is 5.94. The van der Waals surface area contributed by atoms with Crippen molar-refractivity contribution in [3.8, 4) is 0 Å². The van der Waals surface area contributed by atoms with Gasteiger partial charge in [-0.2, -0.15) is 0 Å². The summed E-state index contributed by atoms with van der Waals surface area (Å²) >= 11 is 0. The van der Waals surface area contributed by atoms with E-state index in [0.29, 0.717) is 12.1 Å². The Morgan fingerprint density at radius 2 is 1.96 bits per heavy atom. The van der Waals surface area contributed by atoms with Crippen LogP contribution in [0.5, 0.6) is 0 Å². The molecule has 0 bridgehead atoms. The van der Waals surface area contributed by atoms with Crippen molar-refractivity contribution < 1.29 is 14.0 Å². The third kappa shape index (κ3) is 3.30. The minimum Gasteiger partial charge on any atom is -0.322 e. The Morgan fingerprint density at radius 3 is 2.67 bits per heavy atom. The molecule has 1 N–H and O–H groups in total. The van der Waals surface area contributed by atoms with Crippen LogP contribution in [0.4, 0.5) is 15.8 Å². The van der Waals surface area contributed by atoms with Gasteiger partial charge in [0.05, 0.1) is 5.56 Å². The summed E-state index contributed by atoms with van der Waals surface area (Å²) in [5, 5.41) is 2.70. The zero-order valence-electron chi connectivity index (χ0n) is 13.5. The number of halogens is 1. The monoisotopic (exact) mass is 326 g/mol. The van der Waals surface area contributed by atoms with E-state index in [2.05, 4.69) is 5.32 Å². The van der Waals surface area contributed by atoms with Crippen molar-refractivity contribution in [2.24, 2.45) is 0 Å². The molecule has 1 saturated heterocycles. The Kier molecular flexibility index (Phi) is 4.60. The normalized spacial score (nSPS) is 14.6. The summed E-state index contributed by atoms with van der Waals surface area (Å²) in [5.74, 6) is -0.913. The molecule has 5 heteroatoms. The van der Waals surface area contributed by atoms with E-state index < -0.39 is 11.7 Å². The Bertz CT molecular complexity index is 789. The smallest absolute Gasteiger partial charge is 0.258 e. The van der Waals surface area contributed by atoms with Gasteiger partial charge in [-0.3, -0.25) is 9.59 Å². The molecule has 0 saturated carbocycles. The molecule has 0 unspecified atom stereocenters. The topological polar surface area (TPSA) is 49.4 Å². The number of piperidine rings is 1. The summed E-state index contributed by atoms with van der Waals surface area (Å²) in [7, 11) is 0. The lowest BCUT2D eigenvalue weighted by atomic mass is 10.1. The van der Waals surface area contributed by atoms with Crippen molar-refractivity contribution in [2.75, 3.05) is 16.8 Å². The van der Waals surface area contributed by atoms with Crippen molar-refractivity contribution in [3.05, 3.63) is 59.4 Å². The molecule has 0 radical (unpaired) electrons. The van der Waals surface area contributed by atoms with Crippen LogP contribution in [0, 0.1) is 12.7 Å². The Labute approximate surface area is 140 Å². The van der Waals surface area contributed by atoms with Crippen LogP contribution in [-0.2, 0) is 4.79 Å². The van der Waals surface area contributed by atoms with Crippen LogP contribution < -0.4 is 10.2 Å². The average molecular weight is 326 g/mol. The van der Waals surface area contributed by atoms with E-state index in [-0.39, 0.29) is 11.5 Å². The van der Waals surface area contributed by atoms with Gasteiger partial charge in [0.15, 0.2) is 0 Å². The summed E-state index contributed by atoms with van der Waals surface area (Å²) < 4.78 is 13.7. The number of hydrogen-bond acceptors (Lipinski definition) is 2. The number of nitrogens with zero attached hydrogens (tertiary/aromatic N) is 1. The number of benzene rings is 2. The first-order valence-corrected chi connectivity index (χ1v) is 8.03. The molecule has 0 aliphatic carbocycles. The van der Waals surface area contributed by atoms with E-state index in [0.717, 1.165) is 30.6 Å². The summed E-state index contributed by atoms with van der Waals surface area (Å²) in [6.07, 6.45) is 2.51. The highest BCUT2D eigenvalue weighted by Gasteiger charge is 2.21. The molecule has 4 nitrogen and oxygen atoms in total. The zero-order chi connectivity index (χ0) is 17.1. The van der Waals surface area contributed by atoms with Crippen LogP contribution in [-0.4, -0.2) is 18.4 Å². The van der Waals surface area contributed by atoms with Gasteiger partial charge >= 0.3 is 0 Å². The highest BCUT2D eigenvalue weighted by Crippen LogP contribution is 2.27. The fraction of sp³-hybridized carbons (Fsp3) is 0.263. The number of aryl methyl sites for hydroxylation is 1. The van der Waals surface area contributed by atoms with E-state index in [1.165, 1.54) is 12.1 Å². The summed E-state index contributed by atoms with van der Waals surface area (Å²) in [6.45, 7) is 2.62. The molecule has 0 spiro atoms. The standard InChI is InChI=1S/C19H19FN2O2/c1-13-12-14(21-19(24)15-6-2-3-7-16(15)20)9-10-17(13)22-11-5-4-8-18(22)23/h2-3,6-7,9-10,12H,4-5,8,11H2,1H3,(H,21,24). The van der Waals surface area contributed by atoms with Crippen LogP contribution in [0.1, 0.15) is 35.2 Å². The van der Waals surface area contributed by atoms with Gasteiger partial charge in [0, 0.05) is 24.3 Å². The fourth-order valence-electron chi connectivity index (χ4n) is 2.94. The molecule has 3 rings (SSSR count). The molecule has 1 heterocycles. The number of carbonyl (C=O) groups is 2. The Morgan fingerprint density at radius 1 is 1.17 bits per heavy atom. The summed E-state index contributed by atoms with van der Waals surface area (Å²) in [5.41, 5.74) is 2.35. The number of anilines is 2. The number of amides is 2. The lowest BCUT2D eigenvalue weighted by molar-refractivity contribution is -0.119. The molecule has 24 heavy (non-hydrogen) atoms. The number of carbonyl (C=O) groups excluding carboxylic acids is 2. The fourth-order valence-corrected chi connectivity index (χ4v) is 2.94. The van der Waals surface area contributed by atoms with Crippen molar-refractivity contribution in [1.82, 2.24) is 0 Å². The predicted octanol–water partition coefficient (Wildman–Crippen LogP) is 3.90. The second kappa shape index (κ2) is 6.83. The summed E-state index contributed by atoms with van der Waals surface area (Å²) in [4.78, 5) is 26.0. The van der Waals surface area contributed by atoms with E-state index in [4.69, 9.17) is 0 Å². The SMILES string of the molecule is Cc1cc(NC(=O)c2ccccc2F)ccc1N1CCCCC1=O. The van der Waals surface area contributed by atoms with E-state index in [9.17, 15) is 14.0 Å². The first-order chi connectivity index (χ1) is 11.6. The lowest BCUT2D eigenvalue weighted by Gasteiger charge is -2.28. The second-order valence-corrected chi connectivity index (χ2v) is 5.94. The number of rotatable bonds is 3. The first-order valence-electron chi connectivity index (χ1n) is 8.03. The number of hydrogen-bond donors (Lipinski definition) is 1. The molecule has 0 aromatic heterocycles. The Balaban J connectivity index is 1.79. The quantitative estimate of drug-likeness (QED) is 0.930. The van der Waals surface area contributed by atoms with Gasteiger partial charge in [-0.15, -0.1) is 0 Å². The maximum absolute atomic E-state index is 13.7. The van der Waals surface area contributed by atoms with Gasteiger partial charge in [-0.1, -0.05) is 12.1 Å². The van der Waals surface area contributed by atoms with Crippen molar-refractivity contribution >= 4 is 23.2 Å². The Hall–Kier alpha value is -2.69. The van der Waals surface area contributed by atoms with Crippen molar-refractivity contribution in [3.63, 3.8) is 0 Å². The van der Waals surface area contributed by atoms with Crippen LogP contribution in [0.15, 0.2) is 42.5 Å². The van der Waals surface area contributed by atoms with E-state index in [1.54, 1.807) is 29.2 Å². The van der Waals surface area contributed by atoms with Crippen LogP contribution >= 0.6 is 0 Å². The number of nitrogens with one attached hydrogen (secondary N) is 1. The van der Waals surface area contributed by atoms with Gasteiger partial charge in [-0.05, 0) is 55.7 Å². The van der Waals surface area contributed by atoms with E-state index in [1.807, 2.05) is 13.0 Å². The van der Waals surface area contributed by atoms with Crippen LogP contribution in [0.3, 0.4) is 0 Å². The van der Waals surface area contributed by atoms with Gasteiger partial charge in [0.2, 0.25) is 5.91 Å². The molecule has 2 aromatic carbocycles. The van der Waals surface area contributed by atoms with Crippen molar-refractivity contribution in [2.45, 2.75) is 26.2 Å². The molecule has 124 valence electrons. The third-order valence-corrected chi connectivity index (χ3v) is 4.19. The maximum Gasteiger partial charge on any atom is 0.258 e. The molecular weight excluding hydrogens is 307 g/mol. The van der Waals surface area contributed by atoms with E-state index >= 15 is 0 Å². The largest absolute Gasteiger partial charge is 0.322 e. The third-order valence-electron chi connectivity index (χ3n) is 4.19. The highest BCUT2D eigenvalue weighted by molar-refractivity contribution is 6.04. The average Bonchev–Trinajstić information content (AvgIpc) is 2.56. The van der Waals surface area contributed by atoms with Crippen LogP contribution in [0.2, 0.25) is 0 Å². The van der Waals surface area contributed by atoms with Gasteiger partial charge < -0.3 is 10.2 Å². The molecule has 2 aromatic rings. The molecular formula is C19H19FN2O2. The minimum absolute atomic E-state index is 0.00504. The van der Waals surface area contributed by atoms with Gasteiger partial charge in [0.1, 0.15) is 5.82 Å². The molecule has 1 aliphatic rings. The van der Waals surface area contributed by atoms with Gasteiger partial charge in [0.25, 0.3) is 5.91 Å². The molecule has 1 fully saturated rings. The molecule has 0 atom stereocenters.